The van der Waals surface area contributed by atoms with Crippen LogP contribution < -0.4 is 5.73 Å². The molecule has 0 radical (unpaired) electrons. The topological polar surface area (TPSA) is 64.8 Å². The predicted molar refractivity (Wildman–Crippen MR) is 47.4 cm³/mol. The van der Waals surface area contributed by atoms with Crippen molar-refractivity contribution in [3.05, 3.63) is 0 Å². The first-order chi connectivity index (χ1) is 6.27. The molecule has 0 saturated carbocycles. The molecule has 13 heavy (non-hydrogen) atoms. The highest BCUT2D eigenvalue weighted by Crippen LogP contribution is 2.05. The van der Waals surface area contributed by atoms with Gasteiger partial charge in [-0.05, 0) is 6.92 Å². The van der Waals surface area contributed by atoms with Crippen LogP contribution in [0.2, 0.25) is 0 Å². The highest BCUT2D eigenvalue weighted by atomic mass is 16.6. The second-order valence-electron chi connectivity index (χ2n) is 2.87. The van der Waals surface area contributed by atoms with Gasteiger partial charge in [0.15, 0.2) is 0 Å². The number of morpholine rings is 1. The molecule has 1 aliphatic heterocycles. The van der Waals surface area contributed by atoms with Crippen molar-refractivity contribution in [2.24, 2.45) is 5.73 Å². The summed E-state index contributed by atoms with van der Waals surface area (Å²) in [6, 6.07) is 0. The number of carbonyl (C=O) groups excluding carboxylic acids is 1. The molecule has 0 aromatic rings. The maximum Gasteiger partial charge on any atom is 0.409 e. The standard InChI is InChI=1S/C8H16N2O3/c1-2-12-8(11)10-3-4-13-7(5-9)6-10/h7H,2-6,9H2,1H3. The number of ether oxygens (including phenoxy) is 2. The van der Waals surface area contributed by atoms with Crippen LogP contribution in [0.4, 0.5) is 4.79 Å². The number of hydrogen-bond acceptors (Lipinski definition) is 4. The molecule has 1 aliphatic rings. The molecule has 1 rings (SSSR count). The maximum atomic E-state index is 11.3. The lowest BCUT2D eigenvalue weighted by Gasteiger charge is -2.31. The molecule has 1 fully saturated rings. The van der Waals surface area contributed by atoms with E-state index in [1.165, 1.54) is 0 Å². The van der Waals surface area contributed by atoms with Gasteiger partial charge in [0.05, 0.1) is 25.9 Å². The van der Waals surface area contributed by atoms with E-state index >= 15 is 0 Å². The smallest absolute Gasteiger partial charge is 0.409 e. The van der Waals surface area contributed by atoms with Crippen molar-refractivity contribution in [1.29, 1.82) is 0 Å². The molecule has 0 spiro atoms. The highest BCUT2D eigenvalue weighted by Gasteiger charge is 2.23. The molecule has 1 saturated heterocycles. The van der Waals surface area contributed by atoms with E-state index in [0.29, 0.717) is 32.8 Å². The third kappa shape index (κ3) is 2.86. The minimum atomic E-state index is -0.274. The highest BCUT2D eigenvalue weighted by molar-refractivity contribution is 5.67. The fourth-order valence-corrected chi connectivity index (χ4v) is 1.24. The second-order valence-corrected chi connectivity index (χ2v) is 2.87. The van der Waals surface area contributed by atoms with E-state index in [0.717, 1.165) is 0 Å². The van der Waals surface area contributed by atoms with E-state index in [9.17, 15) is 4.79 Å². The average Bonchev–Trinajstić information content (AvgIpc) is 2.18. The quantitative estimate of drug-likeness (QED) is 0.652. The molecular weight excluding hydrogens is 172 g/mol. The number of nitrogens with two attached hydrogens (primary N) is 1. The van der Waals surface area contributed by atoms with Crippen molar-refractivity contribution in [2.45, 2.75) is 13.0 Å². The molecule has 1 amide bonds. The number of hydrogen-bond donors (Lipinski definition) is 1. The SMILES string of the molecule is CCOC(=O)N1CCOC(CN)C1. The molecule has 5 heteroatoms. The molecule has 1 unspecified atom stereocenters. The monoisotopic (exact) mass is 188 g/mol. The van der Waals surface area contributed by atoms with Gasteiger partial charge in [-0.15, -0.1) is 0 Å². The van der Waals surface area contributed by atoms with Crippen LogP contribution in [0.25, 0.3) is 0 Å². The van der Waals surface area contributed by atoms with E-state index in [4.69, 9.17) is 15.2 Å². The fraction of sp³-hybridized carbons (Fsp3) is 0.875. The Bertz CT molecular complexity index is 175. The van der Waals surface area contributed by atoms with Gasteiger partial charge in [-0.1, -0.05) is 0 Å². The zero-order valence-electron chi connectivity index (χ0n) is 7.86. The lowest BCUT2D eigenvalue weighted by atomic mass is 10.3. The first-order valence-corrected chi connectivity index (χ1v) is 4.51. The summed E-state index contributed by atoms with van der Waals surface area (Å²) >= 11 is 0. The summed E-state index contributed by atoms with van der Waals surface area (Å²) < 4.78 is 10.2. The summed E-state index contributed by atoms with van der Waals surface area (Å²) in [6.07, 6.45) is -0.317. The minimum Gasteiger partial charge on any atom is -0.450 e. The predicted octanol–water partition coefficient (Wildman–Crippen LogP) is -0.198. The molecule has 2 N–H and O–H groups in total. The summed E-state index contributed by atoms with van der Waals surface area (Å²) in [5, 5.41) is 0. The van der Waals surface area contributed by atoms with Gasteiger partial charge < -0.3 is 20.1 Å². The van der Waals surface area contributed by atoms with Crippen molar-refractivity contribution in [3.8, 4) is 0 Å². The van der Waals surface area contributed by atoms with Gasteiger partial charge in [0.25, 0.3) is 0 Å². The van der Waals surface area contributed by atoms with Gasteiger partial charge in [0.2, 0.25) is 0 Å². The van der Waals surface area contributed by atoms with Gasteiger partial charge in [0, 0.05) is 13.1 Å². The summed E-state index contributed by atoms with van der Waals surface area (Å²) in [4.78, 5) is 12.9. The van der Waals surface area contributed by atoms with Gasteiger partial charge >= 0.3 is 6.09 Å². The molecule has 1 heterocycles. The Balaban J connectivity index is 2.37. The summed E-state index contributed by atoms with van der Waals surface area (Å²) in [7, 11) is 0. The van der Waals surface area contributed by atoms with Crippen LogP contribution in [0.15, 0.2) is 0 Å². The molecule has 0 aromatic heterocycles. The van der Waals surface area contributed by atoms with Gasteiger partial charge in [0.1, 0.15) is 0 Å². The van der Waals surface area contributed by atoms with Crippen LogP contribution >= 0.6 is 0 Å². The van der Waals surface area contributed by atoms with Crippen LogP contribution in [0.1, 0.15) is 6.92 Å². The van der Waals surface area contributed by atoms with Crippen LogP contribution in [0.3, 0.4) is 0 Å². The van der Waals surface area contributed by atoms with Crippen molar-refractivity contribution in [2.75, 3.05) is 32.8 Å². The van der Waals surface area contributed by atoms with E-state index in [-0.39, 0.29) is 12.2 Å². The van der Waals surface area contributed by atoms with Crippen molar-refractivity contribution < 1.29 is 14.3 Å². The molecule has 76 valence electrons. The molecule has 1 atom stereocenters. The molecule has 0 bridgehead atoms. The lowest BCUT2D eigenvalue weighted by Crippen LogP contribution is -2.48. The Hall–Kier alpha value is -0.810. The molecule has 0 aliphatic carbocycles. The first-order valence-electron chi connectivity index (χ1n) is 4.51. The van der Waals surface area contributed by atoms with Crippen molar-refractivity contribution in [1.82, 2.24) is 4.90 Å². The fourth-order valence-electron chi connectivity index (χ4n) is 1.24. The summed E-state index contributed by atoms with van der Waals surface area (Å²) in [5.41, 5.74) is 5.44. The summed E-state index contributed by atoms with van der Waals surface area (Å²) in [5.74, 6) is 0. The Labute approximate surface area is 77.8 Å². The number of carbonyl (C=O) groups is 1. The zero-order chi connectivity index (χ0) is 9.68. The van der Waals surface area contributed by atoms with Crippen LogP contribution in [0.5, 0.6) is 0 Å². The zero-order valence-corrected chi connectivity index (χ0v) is 7.86. The number of rotatable bonds is 2. The van der Waals surface area contributed by atoms with Crippen LogP contribution in [0, 0.1) is 0 Å². The largest absolute Gasteiger partial charge is 0.450 e. The van der Waals surface area contributed by atoms with E-state index < -0.39 is 0 Å². The Kier molecular flexibility index (Phi) is 3.98. The molecule has 5 nitrogen and oxygen atoms in total. The lowest BCUT2D eigenvalue weighted by molar-refractivity contribution is -0.0218. The second kappa shape index (κ2) is 5.04. The Morgan fingerprint density at radius 1 is 1.77 bits per heavy atom. The van der Waals surface area contributed by atoms with E-state index in [2.05, 4.69) is 0 Å². The van der Waals surface area contributed by atoms with Crippen molar-refractivity contribution >= 4 is 6.09 Å². The Morgan fingerprint density at radius 2 is 2.54 bits per heavy atom. The van der Waals surface area contributed by atoms with Gasteiger partial charge in [-0.3, -0.25) is 0 Å². The Morgan fingerprint density at radius 3 is 3.15 bits per heavy atom. The van der Waals surface area contributed by atoms with Crippen LogP contribution in [-0.4, -0.2) is 49.9 Å². The maximum absolute atomic E-state index is 11.3. The molecule has 0 aromatic carbocycles. The number of amides is 1. The van der Waals surface area contributed by atoms with Crippen LogP contribution in [-0.2, 0) is 9.47 Å². The van der Waals surface area contributed by atoms with E-state index in [1.54, 1.807) is 11.8 Å². The summed E-state index contributed by atoms with van der Waals surface area (Å²) in [6.45, 7) is 4.31. The third-order valence-corrected chi connectivity index (χ3v) is 1.93. The van der Waals surface area contributed by atoms with Gasteiger partial charge in [-0.25, -0.2) is 4.79 Å². The third-order valence-electron chi connectivity index (χ3n) is 1.93. The van der Waals surface area contributed by atoms with Crippen molar-refractivity contribution in [3.63, 3.8) is 0 Å². The minimum absolute atomic E-state index is 0.0434. The molecular formula is C8H16N2O3. The van der Waals surface area contributed by atoms with E-state index in [1.807, 2.05) is 0 Å². The number of nitrogens with zero attached hydrogens (tertiary/aromatic N) is 1. The average molecular weight is 188 g/mol. The van der Waals surface area contributed by atoms with Gasteiger partial charge in [-0.2, -0.15) is 0 Å². The normalized spacial score (nSPS) is 22.9. The first kappa shape index (κ1) is 10.3.